The van der Waals surface area contributed by atoms with Crippen LogP contribution in [0.4, 0.5) is 0 Å². The average molecular weight is 437 g/mol. The smallest absolute Gasteiger partial charge is 0.254 e. The molecule has 0 radical (unpaired) electrons. The van der Waals surface area contributed by atoms with E-state index in [1.165, 1.54) is 0 Å². The van der Waals surface area contributed by atoms with Crippen molar-refractivity contribution < 1.29 is 9.59 Å². The van der Waals surface area contributed by atoms with Gasteiger partial charge in [0.25, 0.3) is 5.91 Å². The second-order valence-electron chi connectivity index (χ2n) is 8.39. The van der Waals surface area contributed by atoms with Crippen LogP contribution in [0.2, 0.25) is 0 Å². The van der Waals surface area contributed by atoms with Crippen molar-refractivity contribution >= 4 is 11.8 Å². The third kappa shape index (κ3) is 3.59. The Hall–Kier alpha value is -4.19. The molecular weight excluding hydrogens is 412 g/mol. The molecule has 2 heterocycles. The zero-order valence-electron chi connectivity index (χ0n) is 18.6. The number of primary amides is 1. The molecule has 164 valence electrons. The highest BCUT2D eigenvalue weighted by molar-refractivity contribution is 5.95. The Morgan fingerprint density at radius 2 is 1.48 bits per heavy atom. The minimum absolute atomic E-state index is 0.0118. The fourth-order valence-electron chi connectivity index (χ4n) is 4.51. The fourth-order valence-corrected chi connectivity index (χ4v) is 4.51. The van der Waals surface area contributed by atoms with Gasteiger partial charge in [0.15, 0.2) is 0 Å². The summed E-state index contributed by atoms with van der Waals surface area (Å²) in [6.07, 6.45) is 0. The number of benzene rings is 3. The minimum Gasteiger partial charge on any atom is -0.366 e. The Balaban J connectivity index is 1.62. The molecule has 0 fully saturated rings. The first-order chi connectivity index (χ1) is 15.9. The van der Waals surface area contributed by atoms with Crippen LogP contribution < -0.4 is 5.73 Å². The lowest BCUT2D eigenvalue weighted by atomic mass is 10.0. The number of nitrogens with zero attached hydrogens (tertiary/aromatic N) is 3. The Labute approximate surface area is 192 Å². The number of aryl methyl sites for hydroxylation is 2. The SMILES string of the molecule is Cc1cccc(C)c1-n1nc2c(c1-c1ccc(C(N)=O)cc1)CN(C(=O)c1ccccc1)C2. The van der Waals surface area contributed by atoms with Gasteiger partial charge in [-0.2, -0.15) is 5.10 Å². The van der Waals surface area contributed by atoms with E-state index in [4.69, 9.17) is 10.8 Å². The summed E-state index contributed by atoms with van der Waals surface area (Å²) in [5, 5.41) is 4.97. The van der Waals surface area contributed by atoms with Crippen LogP contribution in [0.15, 0.2) is 72.8 Å². The van der Waals surface area contributed by atoms with Crippen LogP contribution in [0.3, 0.4) is 0 Å². The first-order valence-electron chi connectivity index (χ1n) is 10.9. The zero-order chi connectivity index (χ0) is 23.1. The van der Waals surface area contributed by atoms with E-state index < -0.39 is 5.91 Å². The third-order valence-electron chi connectivity index (χ3n) is 6.16. The summed E-state index contributed by atoms with van der Waals surface area (Å²) in [6.45, 7) is 5.06. The first-order valence-corrected chi connectivity index (χ1v) is 10.9. The van der Waals surface area contributed by atoms with E-state index in [2.05, 4.69) is 26.0 Å². The maximum absolute atomic E-state index is 13.1. The van der Waals surface area contributed by atoms with E-state index in [0.717, 1.165) is 39.3 Å². The molecule has 6 heteroatoms. The molecule has 0 saturated heterocycles. The summed E-state index contributed by atoms with van der Waals surface area (Å²) in [5.74, 6) is -0.475. The number of carbonyl (C=O) groups excluding carboxylic acids is 2. The average Bonchev–Trinajstić information content (AvgIpc) is 3.37. The molecule has 0 bridgehead atoms. The van der Waals surface area contributed by atoms with Gasteiger partial charge in [0, 0.05) is 22.3 Å². The van der Waals surface area contributed by atoms with Gasteiger partial charge >= 0.3 is 0 Å². The fraction of sp³-hybridized carbons (Fsp3) is 0.148. The number of nitrogens with two attached hydrogens (primary N) is 1. The lowest BCUT2D eigenvalue weighted by Crippen LogP contribution is -2.26. The van der Waals surface area contributed by atoms with Crippen LogP contribution in [0.1, 0.15) is 43.1 Å². The van der Waals surface area contributed by atoms with Crippen molar-refractivity contribution in [3.63, 3.8) is 0 Å². The number of fused-ring (bicyclic) bond motifs is 1. The molecule has 1 aromatic heterocycles. The van der Waals surface area contributed by atoms with Gasteiger partial charge in [-0.25, -0.2) is 4.68 Å². The lowest BCUT2D eigenvalue weighted by molar-refractivity contribution is 0.0749. The molecule has 6 nitrogen and oxygen atoms in total. The molecule has 4 aromatic rings. The largest absolute Gasteiger partial charge is 0.366 e. The Morgan fingerprint density at radius 3 is 2.12 bits per heavy atom. The normalized spacial score (nSPS) is 12.6. The number of rotatable bonds is 4. The van der Waals surface area contributed by atoms with Crippen LogP contribution in [-0.4, -0.2) is 26.5 Å². The molecule has 2 N–H and O–H groups in total. The molecule has 0 aliphatic carbocycles. The Morgan fingerprint density at radius 1 is 0.818 bits per heavy atom. The van der Waals surface area contributed by atoms with Crippen molar-refractivity contribution in [1.29, 1.82) is 0 Å². The number of amides is 2. The van der Waals surface area contributed by atoms with Gasteiger partial charge in [-0.15, -0.1) is 0 Å². The van der Waals surface area contributed by atoms with Crippen LogP contribution in [-0.2, 0) is 13.1 Å². The van der Waals surface area contributed by atoms with E-state index in [9.17, 15) is 9.59 Å². The van der Waals surface area contributed by atoms with Crippen molar-refractivity contribution in [2.75, 3.05) is 0 Å². The molecule has 0 unspecified atom stereocenters. The van der Waals surface area contributed by atoms with Crippen LogP contribution >= 0.6 is 0 Å². The highest BCUT2D eigenvalue weighted by Gasteiger charge is 2.32. The second kappa shape index (κ2) is 8.06. The summed E-state index contributed by atoms with van der Waals surface area (Å²) in [4.78, 5) is 26.5. The van der Waals surface area contributed by atoms with E-state index in [-0.39, 0.29) is 5.91 Å². The van der Waals surface area contributed by atoms with Crippen molar-refractivity contribution in [2.45, 2.75) is 26.9 Å². The molecule has 5 rings (SSSR count). The second-order valence-corrected chi connectivity index (χ2v) is 8.39. The molecule has 2 amide bonds. The molecule has 0 spiro atoms. The zero-order valence-corrected chi connectivity index (χ0v) is 18.6. The number of aromatic nitrogens is 2. The van der Waals surface area contributed by atoms with Crippen molar-refractivity contribution in [3.05, 3.63) is 106 Å². The Bertz CT molecular complexity index is 1350. The van der Waals surface area contributed by atoms with Gasteiger partial charge < -0.3 is 10.6 Å². The third-order valence-corrected chi connectivity index (χ3v) is 6.16. The summed E-state index contributed by atoms with van der Waals surface area (Å²) in [5.41, 5.74) is 13.6. The molecule has 1 aliphatic heterocycles. The van der Waals surface area contributed by atoms with Crippen LogP contribution in [0.5, 0.6) is 0 Å². The minimum atomic E-state index is -0.463. The van der Waals surface area contributed by atoms with E-state index in [1.54, 1.807) is 12.1 Å². The molecule has 3 aromatic carbocycles. The summed E-state index contributed by atoms with van der Waals surface area (Å²) in [6, 6.07) is 22.7. The van der Waals surface area contributed by atoms with Gasteiger partial charge in [-0.1, -0.05) is 48.5 Å². The standard InChI is InChI=1S/C27H24N4O2/c1-17-7-6-8-18(2)24(17)31-25(19-11-13-20(14-12-19)26(28)32)22-15-30(16-23(22)29-31)27(33)21-9-4-3-5-10-21/h3-14H,15-16H2,1-2H3,(H2,28,32). The predicted octanol–water partition coefficient (Wildman–Crippen LogP) is 4.41. The number of para-hydroxylation sites is 1. The van der Waals surface area contributed by atoms with E-state index in [0.29, 0.717) is 24.2 Å². The maximum Gasteiger partial charge on any atom is 0.254 e. The summed E-state index contributed by atoms with van der Waals surface area (Å²) in [7, 11) is 0. The maximum atomic E-state index is 13.1. The van der Waals surface area contributed by atoms with Crippen LogP contribution in [0.25, 0.3) is 16.9 Å². The lowest BCUT2D eigenvalue weighted by Gasteiger charge is -2.19. The molecule has 33 heavy (non-hydrogen) atoms. The number of hydrogen-bond donors (Lipinski definition) is 1. The quantitative estimate of drug-likeness (QED) is 0.514. The van der Waals surface area contributed by atoms with Gasteiger partial charge in [0.05, 0.1) is 30.2 Å². The topological polar surface area (TPSA) is 81.2 Å². The molecule has 0 saturated carbocycles. The van der Waals surface area contributed by atoms with Crippen molar-refractivity contribution in [2.24, 2.45) is 5.73 Å². The molecular formula is C27H24N4O2. The van der Waals surface area contributed by atoms with E-state index >= 15 is 0 Å². The summed E-state index contributed by atoms with van der Waals surface area (Å²) < 4.78 is 1.99. The van der Waals surface area contributed by atoms with Gasteiger partial charge in [0.2, 0.25) is 5.91 Å². The highest BCUT2D eigenvalue weighted by atomic mass is 16.2. The van der Waals surface area contributed by atoms with Crippen LogP contribution in [0, 0.1) is 13.8 Å². The molecule has 1 aliphatic rings. The van der Waals surface area contributed by atoms with Crippen molar-refractivity contribution in [3.8, 4) is 16.9 Å². The molecule has 0 atom stereocenters. The van der Waals surface area contributed by atoms with Crippen molar-refractivity contribution in [1.82, 2.24) is 14.7 Å². The van der Waals surface area contributed by atoms with E-state index in [1.807, 2.05) is 58.1 Å². The predicted molar refractivity (Wildman–Crippen MR) is 127 cm³/mol. The van der Waals surface area contributed by atoms with Gasteiger partial charge in [0.1, 0.15) is 0 Å². The summed E-state index contributed by atoms with van der Waals surface area (Å²) >= 11 is 0. The number of carbonyl (C=O) groups is 2. The van der Waals surface area contributed by atoms with Gasteiger partial charge in [-0.3, -0.25) is 9.59 Å². The Kier molecular flexibility index (Phi) is 5.05. The first kappa shape index (κ1) is 20.7. The van der Waals surface area contributed by atoms with Gasteiger partial charge in [-0.05, 0) is 49.2 Å². The number of hydrogen-bond acceptors (Lipinski definition) is 3. The highest BCUT2D eigenvalue weighted by Crippen LogP contribution is 2.36. The monoisotopic (exact) mass is 436 g/mol.